The fourth-order valence-corrected chi connectivity index (χ4v) is 3.95. The van der Waals surface area contributed by atoms with Crippen molar-refractivity contribution in [1.29, 1.82) is 0 Å². The molecule has 0 bridgehead atoms. The van der Waals surface area contributed by atoms with Crippen LogP contribution in [0.5, 0.6) is 5.75 Å². The molecular weight excluding hydrogens is 354 g/mol. The van der Waals surface area contributed by atoms with Gasteiger partial charge in [0.15, 0.2) is 0 Å². The average molecular weight is 384 g/mol. The monoisotopic (exact) mass is 383 g/mol. The van der Waals surface area contributed by atoms with Gasteiger partial charge < -0.3 is 9.47 Å². The molecule has 0 fully saturated rings. The Morgan fingerprint density at radius 2 is 1.89 bits per heavy atom. The van der Waals surface area contributed by atoms with E-state index in [9.17, 15) is 0 Å². The minimum absolute atomic E-state index is 0.0967. The maximum absolute atomic E-state index is 5.92. The fraction of sp³-hybridized carbons (Fsp3) is 0.435. The largest absolute Gasteiger partial charge is 0.496 e. The van der Waals surface area contributed by atoms with Crippen molar-refractivity contribution < 1.29 is 9.47 Å². The van der Waals surface area contributed by atoms with E-state index >= 15 is 0 Å². The van der Waals surface area contributed by atoms with Gasteiger partial charge in [0.05, 0.1) is 13.2 Å². The van der Waals surface area contributed by atoms with Gasteiger partial charge in [-0.05, 0) is 41.3 Å². The summed E-state index contributed by atoms with van der Waals surface area (Å²) in [6.45, 7) is 11.7. The van der Waals surface area contributed by atoms with E-state index in [1.807, 2.05) is 23.9 Å². The molecule has 0 aliphatic carbocycles. The molecule has 0 aromatic heterocycles. The third kappa shape index (κ3) is 4.67. The molecule has 4 heteroatoms. The van der Waals surface area contributed by atoms with Gasteiger partial charge in [0.1, 0.15) is 12.4 Å². The summed E-state index contributed by atoms with van der Waals surface area (Å²) in [6, 6.07) is 14.9. The van der Waals surface area contributed by atoms with Gasteiger partial charge >= 0.3 is 0 Å². The molecule has 0 saturated heterocycles. The van der Waals surface area contributed by atoms with Gasteiger partial charge in [0.2, 0.25) is 5.90 Å². The number of thioether (sulfide) groups is 1. The molecule has 1 heterocycles. The lowest BCUT2D eigenvalue weighted by Crippen LogP contribution is -2.25. The number of ether oxygens (including phenoxy) is 2. The first-order chi connectivity index (χ1) is 12.8. The average Bonchev–Trinajstić information content (AvgIpc) is 3.11. The van der Waals surface area contributed by atoms with Crippen molar-refractivity contribution in [2.24, 2.45) is 10.4 Å². The third-order valence-electron chi connectivity index (χ3n) is 4.61. The van der Waals surface area contributed by atoms with Crippen LogP contribution in [0.25, 0.3) is 11.1 Å². The van der Waals surface area contributed by atoms with Gasteiger partial charge in [-0.3, -0.25) is 0 Å². The first-order valence-electron chi connectivity index (χ1n) is 9.44. The van der Waals surface area contributed by atoms with Crippen LogP contribution in [0.3, 0.4) is 0 Å². The number of rotatable bonds is 5. The van der Waals surface area contributed by atoms with E-state index in [0.29, 0.717) is 11.9 Å². The van der Waals surface area contributed by atoms with E-state index in [4.69, 9.17) is 14.5 Å². The summed E-state index contributed by atoms with van der Waals surface area (Å²) >= 11 is 1.86. The lowest BCUT2D eigenvalue weighted by atomic mass is 9.88. The smallest absolute Gasteiger partial charge is 0.216 e. The van der Waals surface area contributed by atoms with Gasteiger partial charge in [-0.1, -0.05) is 46.8 Å². The lowest BCUT2D eigenvalue weighted by molar-refractivity contribution is 0.236. The maximum Gasteiger partial charge on any atom is 0.216 e. The Hall–Kier alpha value is -1.94. The number of hydrogen-bond donors (Lipinski definition) is 0. The number of hydrogen-bond acceptors (Lipinski definition) is 4. The Kier molecular flexibility index (Phi) is 5.85. The standard InChI is InChI=1S/C23H29NO2S/c1-15(2)27-18-9-7-8-16(12-18)19-13-17(10-11-20(19)25-6)22-24-21(14-26-22)23(3,4)5/h7-13,15,21H,14H2,1-6H3/t21-/m1/s1. The van der Waals surface area contributed by atoms with E-state index in [-0.39, 0.29) is 11.5 Å². The van der Waals surface area contributed by atoms with Crippen molar-refractivity contribution in [3.8, 4) is 16.9 Å². The van der Waals surface area contributed by atoms with Gasteiger partial charge in [-0.15, -0.1) is 11.8 Å². The van der Waals surface area contributed by atoms with E-state index in [0.717, 1.165) is 28.3 Å². The Morgan fingerprint density at radius 3 is 2.52 bits per heavy atom. The zero-order chi connectivity index (χ0) is 19.6. The van der Waals surface area contributed by atoms with Crippen molar-refractivity contribution >= 4 is 17.7 Å². The number of methoxy groups -OCH3 is 1. The third-order valence-corrected chi connectivity index (χ3v) is 5.61. The predicted molar refractivity (Wildman–Crippen MR) is 115 cm³/mol. The minimum atomic E-state index is 0.0967. The zero-order valence-corrected chi connectivity index (χ0v) is 17.9. The van der Waals surface area contributed by atoms with E-state index in [2.05, 4.69) is 65.0 Å². The van der Waals surface area contributed by atoms with E-state index in [1.165, 1.54) is 4.90 Å². The Labute approximate surface area is 167 Å². The van der Waals surface area contributed by atoms with Crippen LogP contribution in [0.2, 0.25) is 0 Å². The van der Waals surface area contributed by atoms with Gasteiger partial charge in [-0.2, -0.15) is 0 Å². The maximum atomic E-state index is 5.92. The van der Waals surface area contributed by atoms with Gasteiger partial charge in [-0.25, -0.2) is 4.99 Å². The van der Waals surface area contributed by atoms with Gasteiger partial charge in [0.25, 0.3) is 0 Å². The van der Waals surface area contributed by atoms with Crippen LogP contribution in [0.15, 0.2) is 52.4 Å². The molecule has 144 valence electrons. The molecule has 0 radical (unpaired) electrons. The van der Waals surface area contributed by atoms with Crippen LogP contribution in [0.4, 0.5) is 0 Å². The number of nitrogens with zero attached hydrogens (tertiary/aromatic N) is 1. The second-order valence-electron chi connectivity index (χ2n) is 8.24. The first kappa shape index (κ1) is 19.8. The summed E-state index contributed by atoms with van der Waals surface area (Å²) in [7, 11) is 1.71. The predicted octanol–water partition coefficient (Wildman–Crippen LogP) is 6.05. The second-order valence-corrected chi connectivity index (χ2v) is 9.89. The topological polar surface area (TPSA) is 30.8 Å². The van der Waals surface area contributed by atoms with Crippen LogP contribution in [-0.4, -0.2) is 30.9 Å². The molecule has 0 spiro atoms. The molecule has 0 N–H and O–H groups in total. The normalized spacial score (nSPS) is 17.0. The highest BCUT2D eigenvalue weighted by molar-refractivity contribution is 7.99. The van der Waals surface area contributed by atoms with Crippen LogP contribution >= 0.6 is 11.8 Å². The summed E-state index contributed by atoms with van der Waals surface area (Å²) in [4.78, 5) is 6.09. The summed E-state index contributed by atoms with van der Waals surface area (Å²) in [5, 5.41) is 0.545. The lowest BCUT2D eigenvalue weighted by Gasteiger charge is -2.21. The highest BCUT2D eigenvalue weighted by Crippen LogP contribution is 2.35. The van der Waals surface area contributed by atoms with E-state index < -0.39 is 0 Å². The number of aliphatic imine (C=N–C) groups is 1. The minimum Gasteiger partial charge on any atom is -0.496 e. The Balaban J connectivity index is 1.98. The molecule has 27 heavy (non-hydrogen) atoms. The van der Waals surface area contributed by atoms with Crippen LogP contribution in [0, 0.1) is 5.41 Å². The Bertz CT molecular complexity index is 837. The zero-order valence-electron chi connectivity index (χ0n) is 17.1. The fourth-order valence-electron chi connectivity index (χ4n) is 3.05. The molecule has 1 aliphatic heterocycles. The Morgan fingerprint density at radius 1 is 1.11 bits per heavy atom. The molecule has 0 amide bonds. The molecule has 2 aromatic carbocycles. The molecule has 1 atom stereocenters. The van der Waals surface area contributed by atoms with Crippen molar-refractivity contribution in [2.75, 3.05) is 13.7 Å². The molecular formula is C23H29NO2S. The summed E-state index contributed by atoms with van der Waals surface area (Å²) < 4.78 is 11.6. The quantitative estimate of drug-likeness (QED) is 0.589. The highest BCUT2D eigenvalue weighted by atomic mass is 32.2. The summed E-state index contributed by atoms with van der Waals surface area (Å²) in [5.41, 5.74) is 3.30. The highest BCUT2D eigenvalue weighted by Gasteiger charge is 2.30. The number of benzene rings is 2. The molecule has 0 saturated carbocycles. The van der Waals surface area contributed by atoms with Crippen molar-refractivity contribution in [3.63, 3.8) is 0 Å². The van der Waals surface area contributed by atoms with Crippen molar-refractivity contribution in [2.45, 2.75) is 50.8 Å². The summed E-state index contributed by atoms with van der Waals surface area (Å²) in [5.74, 6) is 1.59. The molecule has 3 rings (SSSR count). The molecule has 0 unspecified atom stereocenters. The SMILES string of the molecule is COc1ccc(C2=N[C@@H](C(C)(C)C)CO2)cc1-c1cccc(SC(C)C)c1. The van der Waals surface area contributed by atoms with Crippen molar-refractivity contribution in [3.05, 3.63) is 48.0 Å². The van der Waals surface area contributed by atoms with E-state index in [1.54, 1.807) is 7.11 Å². The van der Waals surface area contributed by atoms with Crippen molar-refractivity contribution in [1.82, 2.24) is 0 Å². The van der Waals surface area contributed by atoms with Crippen LogP contribution in [0.1, 0.15) is 40.2 Å². The molecule has 1 aliphatic rings. The molecule has 3 nitrogen and oxygen atoms in total. The van der Waals surface area contributed by atoms with Crippen LogP contribution in [-0.2, 0) is 4.74 Å². The second kappa shape index (κ2) is 7.97. The van der Waals surface area contributed by atoms with Crippen LogP contribution < -0.4 is 4.74 Å². The molecule has 2 aromatic rings. The first-order valence-corrected chi connectivity index (χ1v) is 10.3. The summed E-state index contributed by atoms with van der Waals surface area (Å²) in [6.07, 6.45) is 0. The van der Waals surface area contributed by atoms with Gasteiger partial charge in [0, 0.05) is 21.3 Å².